The first-order chi connectivity index (χ1) is 6.63. The van der Waals surface area contributed by atoms with Crippen molar-refractivity contribution in [3.8, 4) is 0 Å². The molecule has 0 fully saturated rings. The normalized spacial score (nSPS) is 10.9. The Morgan fingerprint density at radius 2 is 2.00 bits per heavy atom. The lowest BCUT2D eigenvalue weighted by molar-refractivity contribution is 0.335. The minimum atomic E-state index is -0.810. The van der Waals surface area contributed by atoms with E-state index in [1.54, 1.807) is 6.07 Å². The van der Waals surface area contributed by atoms with Crippen LogP contribution in [0.5, 0.6) is 0 Å². The molecule has 0 saturated carbocycles. The smallest absolute Gasteiger partial charge is 0.159 e. The molecule has 78 valence electrons. The fraction of sp³-hybridized carbons (Fsp3) is 0.400. The Morgan fingerprint density at radius 1 is 1.29 bits per heavy atom. The van der Waals surface area contributed by atoms with E-state index < -0.39 is 11.6 Å². The van der Waals surface area contributed by atoms with Crippen LogP contribution in [0.1, 0.15) is 5.56 Å². The molecule has 2 nitrogen and oxygen atoms in total. The van der Waals surface area contributed by atoms with Crippen LogP contribution in [-0.4, -0.2) is 25.0 Å². The molecule has 1 rings (SSSR count). The van der Waals surface area contributed by atoms with Gasteiger partial charge in [0.25, 0.3) is 0 Å². The van der Waals surface area contributed by atoms with Crippen LogP contribution in [0.25, 0.3) is 0 Å². The summed E-state index contributed by atoms with van der Waals surface area (Å²) in [6.07, 6.45) is 0. The minimum Gasteiger partial charge on any atom is -0.329 e. The molecule has 0 atom stereocenters. The van der Waals surface area contributed by atoms with E-state index in [4.69, 9.17) is 5.73 Å². The van der Waals surface area contributed by atoms with E-state index in [0.717, 1.165) is 18.2 Å². The summed E-state index contributed by atoms with van der Waals surface area (Å²) < 4.78 is 25.4. The standard InChI is InChI=1S/C10H14F2N2/c1-14(5-4-13)7-8-2-3-9(11)10(12)6-8/h2-3,6H,4-5,7,13H2,1H3. The summed E-state index contributed by atoms with van der Waals surface area (Å²) in [5, 5.41) is 0. The third kappa shape index (κ3) is 3.05. The Kier molecular flexibility index (Phi) is 3.98. The third-order valence-electron chi connectivity index (χ3n) is 1.95. The maximum Gasteiger partial charge on any atom is 0.159 e. The average Bonchev–Trinajstić information content (AvgIpc) is 2.12. The first-order valence-corrected chi connectivity index (χ1v) is 4.46. The Bertz CT molecular complexity index is 302. The van der Waals surface area contributed by atoms with Crippen LogP contribution in [0.3, 0.4) is 0 Å². The monoisotopic (exact) mass is 200 g/mol. The molecule has 1 aromatic rings. The highest BCUT2D eigenvalue weighted by Gasteiger charge is 2.04. The average molecular weight is 200 g/mol. The predicted molar refractivity (Wildman–Crippen MR) is 51.7 cm³/mol. The van der Waals surface area contributed by atoms with Gasteiger partial charge in [0, 0.05) is 19.6 Å². The van der Waals surface area contributed by atoms with E-state index in [2.05, 4.69) is 0 Å². The van der Waals surface area contributed by atoms with Crippen LogP contribution in [-0.2, 0) is 6.54 Å². The van der Waals surface area contributed by atoms with Gasteiger partial charge in [0.05, 0.1) is 0 Å². The summed E-state index contributed by atoms with van der Waals surface area (Å²) in [4.78, 5) is 1.95. The van der Waals surface area contributed by atoms with Gasteiger partial charge in [0.15, 0.2) is 11.6 Å². The van der Waals surface area contributed by atoms with Gasteiger partial charge in [-0.25, -0.2) is 8.78 Å². The number of nitrogens with zero attached hydrogens (tertiary/aromatic N) is 1. The Labute approximate surface area is 82.3 Å². The highest BCUT2D eigenvalue weighted by Crippen LogP contribution is 2.09. The molecule has 14 heavy (non-hydrogen) atoms. The SMILES string of the molecule is CN(CCN)Cc1ccc(F)c(F)c1. The van der Waals surface area contributed by atoms with Gasteiger partial charge in [-0.15, -0.1) is 0 Å². The van der Waals surface area contributed by atoms with E-state index in [1.165, 1.54) is 6.07 Å². The number of likely N-dealkylation sites (N-methyl/N-ethyl adjacent to an activating group) is 1. The zero-order valence-corrected chi connectivity index (χ0v) is 8.13. The molecule has 2 N–H and O–H groups in total. The van der Waals surface area contributed by atoms with E-state index >= 15 is 0 Å². The third-order valence-corrected chi connectivity index (χ3v) is 1.95. The number of hydrogen-bond donors (Lipinski definition) is 1. The number of nitrogens with two attached hydrogens (primary N) is 1. The molecular weight excluding hydrogens is 186 g/mol. The first-order valence-electron chi connectivity index (χ1n) is 4.46. The van der Waals surface area contributed by atoms with E-state index in [1.807, 2.05) is 11.9 Å². The molecule has 1 aromatic carbocycles. The molecule has 0 aliphatic carbocycles. The second kappa shape index (κ2) is 5.02. The van der Waals surface area contributed by atoms with Crippen molar-refractivity contribution in [1.82, 2.24) is 4.90 Å². The molecular formula is C10H14F2N2. The Hall–Kier alpha value is -1.00. The summed E-state index contributed by atoms with van der Waals surface area (Å²) >= 11 is 0. The van der Waals surface area contributed by atoms with Gasteiger partial charge in [-0.2, -0.15) is 0 Å². The quantitative estimate of drug-likeness (QED) is 0.795. The maximum absolute atomic E-state index is 12.8. The van der Waals surface area contributed by atoms with Crippen LogP contribution in [0.2, 0.25) is 0 Å². The zero-order chi connectivity index (χ0) is 10.6. The summed E-state index contributed by atoms with van der Waals surface area (Å²) in [6, 6.07) is 3.93. The van der Waals surface area contributed by atoms with Crippen LogP contribution >= 0.6 is 0 Å². The molecule has 0 aliphatic rings. The number of rotatable bonds is 4. The van der Waals surface area contributed by atoms with Crippen LogP contribution in [0, 0.1) is 11.6 Å². The fourth-order valence-corrected chi connectivity index (χ4v) is 1.25. The topological polar surface area (TPSA) is 29.3 Å². The second-order valence-electron chi connectivity index (χ2n) is 3.27. The predicted octanol–water partition coefficient (Wildman–Crippen LogP) is 1.36. The molecule has 0 aliphatic heterocycles. The van der Waals surface area contributed by atoms with Gasteiger partial charge in [0.1, 0.15) is 0 Å². The van der Waals surface area contributed by atoms with Gasteiger partial charge in [-0.1, -0.05) is 6.07 Å². The molecule has 0 amide bonds. The molecule has 0 radical (unpaired) electrons. The molecule has 0 unspecified atom stereocenters. The van der Waals surface area contributed by atoms with Crippen LogP contribution < -0.4 is 5.73 Å². The van der Waals surface area contributed by atoms with Crippen molar-refractivity contribution in [2.24, 2.45) is 5.73 Å². The van der Waals surface area contributed by atoms with E-state index in [9.17, 15) is 8.78 Å². The van der Waals surface area contributed by atoms with Crippen molar-refractivity contribution in [2.75, 3.05) is 20.1 Å². The van der Waals surface area contributed by atoms with Gasteiger partial charge in [-0.05, 0) is 24.7 Å². The van der Waals surface area contributed by atoms with E-state index in [-0.39, 0.29) is 0 Å². The lowest BCUT2D eigenvalue weighted by atomic mass is 10.2. The minimum absolute atomic E-state index is 0.556. The summed E-state index contributed by atoms with van der Waals surface area (Å²) in [5.41, 5.74) is 6.11. The number of hydrogen-bond acceptors (Lipinski definition) is 2. The molecule has 0 bridgehead atoms. The summed E-state index contributed by atoms with van der Waals surface area (Å²) in [7, 11) is 1.88. The van der Waals surface area contributed by atoms with Crippen molar-refractivity contribution in [3.05, 3.63) is 35.4 Å². The molecule has 0 heterocycles. The van der Waals surface area contributed by atoms with Gasteiger partial charge in [0.2, 0.25) is 0 Å². The first kappa shape index (κ1) is 11.1. The molecule has 0 aromatic heterocycles. The molecule has 4 heteroatoms. The van der Waals surface area contributed by atoms with Gasteiger partial charge < -0.3 is 10.6 Å². The highest BCUT2D eigenvalue weighted by molar-refractivity contribution is 5.17. The van der Waals surface area contributed by atoms with E-state index in [0.29, 0.717) is 13.1 Å². The van der Waals surface area contributed by atoms with Crippen LogP contribution in [0.4, 0.5) is 8.78 Å². The Balaban J connectivity index is 2.63. The van der Waals surface area contributed by atoms with Gasteiger partial charge >= 0.3 is 0 Å². The fourth-order valence-electron chi connectivity index (χ4n) is 1.25. The number of benzene rings is 1. The zero-order valence-electron chi connectivity index (χ0n) is 8.13. The summed E-state index contributed by atoms with van der Waals surface area (Å²) in [6.45, 7) is 1.87. The highest BCUT2D eigenvalue weighted by atomic mass is 19.2. The van der Waals surface area contributed by atoms with Gasteiger partial charge in [-0.3, -0.25) is 0 Å². The molecule has 0 saturated heterocycles. The largest absolute Gasteiger partial charge is 0.329 e. The van der Waals surface area contributed by atoms with Crippen molar-refractivity contribution in [2.45, 2.75) is 6.54 Å². The lowest BCUT2D eigenvalue weighted by Crippen LogP contribution is -2.25. The lowest BCUT2D eigenvalue weighted by Gasteiger charge is -2.15. The van der Waals surface area contributed by atoms with Crippen molar-refractivity contribution in [3.63, 3.8) is 0 Å². The van der Waals surface area contributed by atoms with Crippen molar-refractivity contribution in [1.29, 1.82) is 0 Å². The Morgan fingerprint density at radius 3 is 2.57 bits per heavy atom. The van der Waals surface area contributed by atoms with Crippen LogP contribution in [0.15, 0.2) is 18.2 Å². The maximum atomic E-state index is 12.8. The molecule has 0 spiro atoms. The van der Waals surface area contributed by atoms with Crippen molar-refractivity contribution >= 4 is 0 Å². The second-order valence-corrected chi connectivity index (χ2v) is 3.27. The van der Waals surface area contributed by atoms with Crippen molar-refractivity contribution < 1.29 is 8.78 Å². The summed E-state index contributed by atoms with van der Waals surface area (Å²) in [5.74, 6) is -1.61. The number of halogens is 2.